The van der Waals surface area contributed by atoms with Gasteiger partial charge in [-0.1, -0.05) is 49.4 Å². The maximum atomic E-state index is 12.5. The van der Waals surface area contributed by atoms with Gasteiger partial charge in [0, 0.05) is 25.7 Å². The van der Waals surface area contributed by atoms with Crippen molar-refractivity contribution in [3.8, 4) is 0 Å². The molecule has 1 atom stereocenters. The number of anilines is 1. The Morgan fingerprint density at radius 3 is 2.65 bits per heavy atom. The second-order valence-corrected chi connectivity index (χ2v) is 7.56. The molecule has 1 fully saturated rings. The molecule has 0 unspecified atom stereocenters. The van der Waals surface area contributed by atoms with Gasteiger partial charge >= 0.3 is 0 Å². The quantitative estimate of drug-likeness (QED) is 0.836. The highest BCUT2D eigenvalue weighted by molar-refractivity contribution is 5.98. The fourth-order valence-corrected chi connectivity index (χ4v) is 3.77. The second-order valence-electron chi connectivity index (χ2n) is 7.56. The third-order valence-electron chi connectivity index (χ3n) is 5.49. The summed E-state index contributed by atoms with van der Waals surface area (Å²) in [5.74, 6) is 1.93. The van der Waals surface area contributed by atoms with Crippen molar-refractivity contribution in [3.05, 3.63) is 59.4 Å². The van der Waals surface area contributed by atoms with Gasteiger partial charge < -0.3 is 4.90 Å². The van der Waals surface area contributed by atoms with Gasteiger partial charge in [-0.2, -0.15) is 0 Å². The molecule has 1 aromatic carbocycles. The van der Waals surface area contributed by atoms with Crippen LogP contribution < -0.4 is 4.90 Å². The molecule has 0 saturated carbocycles. The number of rotatable bonds is 3. The first-order valence-electron chi connectivity index (χ1n) is 9.56. The Kier molecular flexibility index (Phi) is 4.83. The molecule has 0 bridgehead atoms. The Balaban J connectivity index is 1.52. The Bertz CT molecular complexity index is 807. The van der Waals surface area contributed by atoms with E-state index in [0.717, 1.165) is 42.6 Å². The number of allylic oxidation sites excluding steroid dienone is 1. The van der Waals surface area contributed by atoms with Gasteiger partial charge in [0.05, 0.1) is 11.3 Å². The standard InChI is InChI=1S/C22H25N3O/c1-16-9-11-25(12-10-16)22-23-15-19-20(24-22)13-18(14-21(19)26)8-7-17-5-3-2-4-6-17/h2-8,15-16,18H,9-14H2,1H3/b8-7+/t18-/m1/s1. The third kappa shape index (κ3) is 3.69. The van der Waals surface area contributed by atoms with E-state index in [1.807, 2.05) is 18.2 Å². The van der Waals surface area contributed by atoms with Gasteiger partial charge in [-0.05, 0) is 36.7 Å². The summed E-state index contributed by atoms with van der Waals surface area (Å²) in [6, 6.07) is 10.2. The maximum Gasteiger partial charge on any atom is 0.225 e. The highest BCUT2D eigenvalue weighted by Gasteiger charge is 2.27. The number of hydrogen-bond donors (Lipinski definition) is 0. The normalized spacial score (nSPS) is 21.2. The molecule has 0 spiro atoms. The van der Waals surface area contributed by atoms with Gasteiger partial charge in [-0.25, -0.2) is 9.97 Å². The van der Waals surface area contributed by atoms with Gasteiger partial charge in [0.2, 0.25) is 5.95 Å². The summed E-state index contributed by atoms with van der Waals surface area (Å²) in [5, 5.41) is 0. The number of aromatic nitrogens is 2. The SMILES string of the molecule is CC1CCN(c2ncc3c(n2)C[C@@H](/C=C/c2ccccc2)CC3=O)CC1. The number of carbonyl (C=O) groups excluding carboxylic acids is 1. The molecule has 0 N–H and O–H groups in total. The molecule has 2 aromatic rings. The first-order chi connectivity index (χ1) is 12.7. The smallest absolute Gasteiger partial charge is 0.225 e. The molecular formula is C22H25N3O. The van der Waals surface area contributed by atoms with Gasteiger partial charge in [-0.3, -0.25) is 4.79 Å². The molecule has 1 aliphatic heterocycles. The van der Waals surface area contributed by atoms with Gasteiger partial charge in [0.1, 0.15) is 0 Å². The van der Waals surface area contributed by atoms with E-state index < -0.39 is 0 Å². The number of ketones is 1. The number of nitrogens with zero attached hydrogens (tertiary/aromatic N) is 3. The zero-order valence-corrected chi connectivity index (χ0v) is 15.3. The van der Waals surface area contributed by atoms with Crippen molar-refractivity contribution in [1.29, 1.82) is 0 Å². The highest BCUT2D eigenvalue weighted by Crippen LogP contribution is 2.28. The number of Topliss-reactive ketones (excluding diaryl/α,β-unsaturated/α-hetero) is 1. The first-order valence-corrected chi connectivity index (χ1v) is 9.56. The summed E-state index contributed by atoms with van der Waals surface area (Å²) in [7, 11) is 0. The van der Waals surface area contributed by atoms with Crippen LogP contribution in [0.3, 0.4) is 0 Å². The van der Waals surface area contributed by atoms with Crippen LogP contribution in [-0.2, 0) is 6.42 Å². The molecule has 1 saturated heterocycles. The van der Waals surface area contributed by atoms with Crippen molar-refractivity contribution in [3.63, 3.8) is 0 Å². The topological polar surface area (TPSA) is 46.1 Å². The van der Waals surface area contributed by atoms with Crippen LogP contribution in [0.25, 0.3) is 6.08 Å². The minimum Gasteiger partial charge on any atom is -0.341 e. The van der Waals surface area contributed by atoms with E-state index in [9.17, 15) is 4.79 Å². The van der Waals surface area contributed by atoms with E-state index in [1.165, 1.54) is 12.8 Å². The van der Waals surface area contributed by atoms with Crippen molar-refractivity contribution in [2.24, 2.45) is 11.8 Å². The Morgan fingerprint density at radius 1 is 1.12 bits per heavy atom. The van der Waals surface area contributed by atoms with Crippen LogP contribution >= 0.6 is 0 Å². The lowest BCUT2D eigenvalue weighted by Crippen LogP contribution is -2.34. The molecule has 4 rings (SSSR count). The van der Waals surface area contributed by atoms with Crippen LogP contribution in [0.2, 0.25) is 0 Å². The first kappa shape index (κ1) is 17.0. The monoisotopic (exact) mass is 347 g/mol. The molecule has 2 aliphatic rings. The fraction of sp³-hybridized carbons (Fsp3) is 0.409. The van der Waals surface area contributed by atoms with E-state index in [1.54, 1.807) is 6.20 Å². The van der Waals surface area contributed by atoms with Crippen LogP contribution in [0.5, 0.6) is 0 Å². The number of benzene rings is 1. The van der Waals surface area contributed by atoms with Crippen molar-refractivity contribution in [2.75, 3.05) is 18.0 Å². The maximum absolute atomic E-state index is 12.5. The molecule has 0 radical (unpaired) electrons. The fourth-order valence-electron chi connectivity index (χ4n) is 3.77. The van der Waals surface area contributed by atoms with E-state index in [-0.39, 0.29) is 11.7 Å². The Labute approximate surface area is 155 Å². The van der Waals surface area contributed by atoms with Crippen LogP contribution in [0, 0.1) is 11.8 Å². The largest absolute Gasteiger partial charge is 0.341 e. The molecule has 1 aliphatic carbocycles. The molecule has 4 nitrogen and oxygen atoms in total. The summed E-state index contributed by atoms with van der Waals surface area (Å²) in [6.45, 7) is 4.31. The van der Waals surface area contributed by atoms with Gasteiger partial charge in [-0.15, -0.1) is 0 Å². The van der Waals surface area contributed by atoms with E-state index >= 15 is 0 Å². The van der Waals surface area contributed by atoms with Crippen molar-refractivity contribution >= 4 is 17.8 Å². The third-order valence-corrected chi connectivity index (χ3v) is 5.49. The number of carbonyl (C=O) groups is 1. The lowest BCUT2D eigenvalue weighted by atomic mass is 9.86. The summed E-state index contributed by atoms with van der Waals surface area (Å²) < 4.78 is 0. The minimum atomic E-state index is 0.160. The summed E-state index contributed by atoms with van der Waals surface area (Å²) in [5.41, 5.74) is 2.78. The molecule has 1 aromatic heterocycles. The molecule has 134 valence electrons. The summed E-state index contributed by atoms with van der Waals surface area (Å²) in [4.78, 5) is 24.0. The second kappa shape index (κ2) is 7.40. The summed E-state index contributed by atoms with van der Waals surface area (Å²) >= 11 is 0. The average molecular weight is 347 g/mol. The zero-order chi connectivity index (χ0) is 17.9. The molecule has 4 heteroatoms. The van der Waals surface area contributed by atoms with Crippen LogP contribution in [0.15, 0.2) is 42.6 Å². The Hall–Kier alpha value is -2.49. The van der Waals surface area contributed by atoms with Gasteiger partial charge in [0.25, 0.3) is 0 Å². The number of piperidine rings is 1. The van der Waals surface area contributed by atoms with E-state index in [4.69, 9.17) is 4.98 Å². The predicted octanol–water partition coefficient (Wildman–Crippen LogP) is 4.17. The lowest BCUT2D eigenvalue weighted by Gasteiger charge is -2.31. The highest BCUT2D eigenvalue weighted by atomic mass is 16.1. The van der Waals surface area contributed by atoms with Crippen molar-refractivity contribution in [1.82, 2.24) is 9.97 Å². The predicted molar refractivity (Wildman–Crippen MR) is 104 cm³/mol. The molecule has 2 heterocycles. The van der Waals surface area contributed by atoms with Crippen molar-refractivity contribution < 1.29 is 4.79 Å². The Morgan fingerprint density at radius 2 is 1.88 bits per heavy atom. The lowest BCUT2D eigenvalue weighted by molar-refractivity contribution is 0.0957. The number of hydrogen-bond acceptors (Lipinski definition) is 4. The summed E-state index contributed by atoms with van der Waals surface area (Å²) in [6.07, 6.45) is 9.72. The molecule has 0 amide bonds. The minimum absolute atomic E-state index is 0.160. The molecule has 26 heavy (non-hydrogen) atoms. The van der Waals surface area contributed by atoms with E-state index in [0.29, 0.717) is 12.0 Å². The van der Waals surface area contributed by atoms with Crippen molar-refractivity contribution in [2.45, 2.75) is 32.6 Å². The average Bonchev–Trinajstić information content (AvgIpc) is 2.67. The zero-order valence-electron chi connectivity index (χ0n) is 15.3. The van der Waals surface area contributed by atoms with E-state index in [2.05, 4.69) is 41.1 Å². The number of fused-ring (bicyclic) bond motifs is 1. The van der Waals surface area contributed by atoms with Crippen LogP contribution in [0.4, 0.5) is 5.95 Å². The molecular weight excluding hydrogens is 322 g/mol. The van der Waals surface area contributed by atoms with Crippen LogP contribution in [0.1, 0.15) is 47.8 Å². The van der Waals surface area contributed by atoms with Gasteiger partial charge in [0.15, 0.2) is 5.78 Å². The van der Waals surface area contributed by atoms with Crippen LogP contribution in [-0.4, -0.2) is 28.8 Å².